The summed E-state index contributed by atoms with van der Waals surface area (Å²) in [7, 11) is -3.66. The average molecular weight is 501 g/mol. The Morgan fingerprint density at radius 3 is 2.16 bits per heavy atom. The molecule has 0 unspecified atom stereocenters. The Morgan fingerprint density at radius 2 is 1.55 bits per heavy atom. The van der Waals surface area contributed by atoms with Crippen LogP contribution in [0.4, 0.5) is 5.69 Å². The average Bonchev–Trinajstić information content (AvgIpc) is 2.74. The Morgan fingerprint density at radius 1 is 0.935 bits per heavy atom. The van der Waals surface area contributed by atoms with Crippen molar-refractivity contribution >= 4 is 37.5 Å². The highest BCUT2D eigenvalue weighted by molar-refractivity contribution is 9.10. The van der Waals surface area contributed by atoms with Crippen LogP contribution in [0.15, 0.2) is 82.2 Å². The number of hydrogen-bond acceptors (Lipinski definition) is 3. The lowest BCUT2D eigenvalue weighted by Gasteiger charge is -2.14. The largest absolute Gasteiger partial charge is 0.350 e. The molecule has 0 spiro atoms. The molecule has 0 fully saturated rings. The van der Waals surface area contributed by atoms with E-state index in [1.54, 1.807) is 36.4 Å². The molecule has 0 saturated carbocycles. The molecule has 0 aromatic heterocycles. The molecule has 7 heteroatoms. The van der Waals surface area contributed by atoms with E-state index in [-0.39, 0.29) is 16.8 Å². The highest BCUT2D eigenvalue weighted by Crippen LogP contribution is 2.19. The molecule has 0 heterocycles. The second kappa shape index (κ2) is 10.1. The van der Waals surface area contributed by atoms with Crippen molar-refractivity contribution in [3.05, 3.63) is 94.0 Å². The van der Waals surface area contributed by atoms with Gasteiger partial charge in [0.1, 0.15) is 0 Å². The van der Waals surface area contributed by atoms with Gasteiger partial charge < -0.3 is 5.32 Å². The number of aryl methyl sites for hydroxylation is 2. The summed E-state index contributed by atoms with van der Waals surface area (Å²) in [6, 6.07) is 21.5. The summed E-state index contributed by atoms with van der Waals surface area (Å²) in [4.78, 5) is 12.5. The molecule has 2 N–H and O–H groups in total. The van der Waals surface area contributed by atoms with Gasteiger partial charge in [0.05, 0.1) is 10.9 Å². The van der Waals surface area contributed by atoms with E-state index in [9.17, 15) is 13.2 Å². The van der Waals surface area contributed by atoms with Crippen LogP contribution in [0.3, 0.4) is 0 Å². The Balaban J connectivity index is 1.54. The maximum Gasteiger partial charge on any atom is 0.261 e. The molecular formula is C24H25BrN2O3S. The number of carbonyl (C=O) groups is 1. The Bertz CT molecular complexity index is 1130. The predicted octanol–water partition coefficient (Wildman–Crippen LogP) is 5.37. The van der Waals surface area contributed by atoms with Gasteiger partial charge in [-0.05, 0) is 67.8 Å². The van der Waals surface area contributed by atoms with Gasteiger partial charge in [0.25, 0.3) is 10.0 Å². The molecule has 3 aromatic rings. The first-order valence-electron chi connectivity index (χ1n) is 9.96. The SMILES string of the molecule is Cc1ccc(NS(=O)(=O)c2ccc(CCC(=O)N[C@@H](C)c3ccc(Br)cc3)cc2)cc1. The number of amides is 1. The third kappa shape index (κ3) is 6.67. The minimum Gasteiger partial charge on any atom is -0.350 e. The Hall–Kier alpha value is -2.64. The van der Waals surface area contributed by atoms with E-state index in [1.165, 1.54) is 0 Å². The molecular weight excluding hydrogens is 476 g/mol. The van der Waals surface area contributed by atoms with Gasteiger partial charge in [0.15, 0.2) is 0 Å². The second-order valence-corrected chi connectivity index (χ2v) is 10.1. The van der Waals surface area contributed by atoms with Crippen LogP contribution in [0, 0.1) is 6.92 Å². The van der Waals surface area contributed by atoms with Crippen LogP contribution in [0.5, 0.6) is 0 Å². The lowest BCUT2D eigenvalue weighted by molar-refractivity contribution is -0.121. The lowest BCUT2D eigenvalue weighted by Crippen LogP contribution is -2.26. The van der Waals surface area contributed by atoms with Gasteiger partial charge in [-0.25, -0.2) is 8.42 Å². The zero-order valence-electron chi connectivity index (χ0n) is 17.4. The number of hydrogen-bond donors (Lipinski definition) is 2. The van der Waals surface area contributed by atoms with Gasteiger partial charge >= 0.3 is 0 Å². The van der Waals surface area contributed by atoms with E-state index < -0.39 is 10.0 Å². The standard InChI is InChI=1S/C24H25BrN2O3S/c1-17-3-12-22(13-4-17)27-31(29,30)23-14-5-19(6-15-23)7-16-24(28)26-18(2)20-8-10-21(25)11-9-20/h3-6,8-15,18,27H,7,16H2,1-2H3,(H,26,28)/t18-/m0/s1. The van der Waals surface area contributed by atoms with Crippen LogP contribution in [0.2, 0.25) is 0 Å². The number of anilines is 1. The van der Waals surface area contributed by atoms with E-state index in [2.05, 4.69) is 26.0 Å². The van der Waals surface area contributed by atoms with Crippen molar-refractivity contribution in [2.75, 3.05) is 4.72 Å². The molecule has 1 amide bonds. The summed E-state index contributed by atoms with van der Waals surface area (Å²) in [6.07, 6.45) is 0.860. The van der Waals surface area contributed by atoms with E-state index in [4.69, 9.17) is 0 Å². The third-order valence-electron chi connectivity index (χ3n) is 4.93. The van der Waals surface area contributed by atoms with Crippen molar-refractivity contribution in [2.24, 2.45) is 0 Å². The van der Waals surface area contributed by atoms with Crippen molar-refractivity contribution in [2.45, 2.75) is 37.6 Å². The number of halogens is 1. The van der Waals surface area contributed by atoms with Gasteiger partial charge in [0, 0.05) is 16.6 Å². The smallest absolute Gasteiger partial charge is 0.261 e. The fourth-order valence-corrected chi connectivity index (χ4v) is 4.40. The Kier molecular flexibility index (Phi) is 7.51. The second-order valence-electron chi connectivity index (χ2n) is 7.46. The summed E-state index contributed by atoms with van der Waals surface area (Å²) in [5.74, 6) is -0.0480. The van der Waals surface area contributed by atoms with E-state index in [0.29, 0.717) is 18.5 Å². The van der Waals surface area contributed by atoms with Crippen molar-refractivity contribution < 1.29 is 13.2 Å². The first-order chi connectivity index (χ1) is 14.7. The van der Waals surface area contributed by atoms with E-state index in [0.717, 1.165) is 21.2 Å². The summed E-state index contributed by atoms with van der Waals surface area (Å²) >= 11 is 3.40. The molecule has 3 aromatic carbocycles. The molecule has 0 aliphatic heterocycles. The number of nitrogens with one attached hydrogen (secondary N) is 2. The zero-order chi connectivity index (χ0) is 22.4. The van der Waals surface area contributed by atoms with Crippen LogP contribution in [0.1, 0.15) is 36.1 Å². The fourth-order valence-electron chi connectivity index (χ4n) is 3.08. The number of rotatable bonds is 8. The molecule has 1 atom stereocenters. The number of carbonyl (C=O) groups excluding carboxylic acids is 1. The third-order valence-corrected chi connectivity index (χ3v) is 6.85. The van der Waals surface area contributed by atoms with Crippen LogP contribution < -0.4 is 10.0 Å². The van der Waals surface area contributed by atoms with Crippen molar-refractivity contribution in [1.82, 2.24) is 5.32 Å². The maximum atomic E-state index is 12.6. The van der Waals surface area contributed by atoms with Gasteiger partial charge in [0.2, 0.25) is 5.91 Å². The van der Waals surface area contributed by atoms with E-state index >= 15 is 0 Å². The summed E-state index contributed by atoms with van der Waals surface area (Å²) in [5.41, 5.74) is 3.52. The predicted molar refractivity (Wildman–Crippen MR) is 127 cm³/mol. The highest BCUT2D eigenvalue weighted by Gasteiger charge is 2.14. The zero-order valence-corrected chi connectivity index (χ0v) is 19.8. The van der Waals surface area contributed by atoms with Crippen LogP contribution in [0.25, 0.3) is 0 Å². The number of sulfonamides is 1. The highest BCUT2D eigenvalue weighted by atomic mass is 79.9. The summed E-state index contributed by atoms with van der Waals surface area (Å²) in [6.45, 7) is 3.89. The molecule has 0 aliphatic rings. The molecule has 162 valence electrons. The van der Waals surface area contributed by atoms with Crippen LogP contribution >= 0.6 is 15.9 Å². The molecule has 31 heavy (non-hydrogen) atoms. The van der Waals surface area contributed by atoms with Crippen molar-refractivity contribution in [1.29, 1.82) is 0 Å². The summed E-state index contributed by atoms with van der Waals surface area (Å²) < 4.78 is 28.7. The summed E-state index contributed by atoms with van der Waals surface area (Å²) in [5, 5.41) is 2.99. The molecule has 3 rings (SSSR count). The molecule has 0 saturated heterocycles. The molecule has 5 nitrogen and oxygen atoms in total. The quantitative estimate of drug-likeness (QED) is 0.436. The van der Waals surface area contributed by atoms with Crippen LogP contribution in [-0.2, 0) is 21.2 Å². The van der Waals surface area contributed by atoms with Crippen molar-refractivity contribution in [3.8, 4) is 0 Å². The first kappa shape index (κ1) is 23.0. The van der Waals surface area contributed by atoms with Crippen molar-refractivity contribution in [3.63, 3.8) is 0 Å². The Labute approximate surface area is 192 Å². The fraction of sp³-hybridized carbons (Fsp3) is 0.208. The minimum absolute atomic E-state index is 0.0480. The lowest BCUT2D eigenvalue weighted by atomic mass is 10.1. The maximum absolute atomic E-state index is 12.6. The van der Waals surface area contributed by atoms with Gasteiger partial charge in [-0.3, -0.25) is 9.52 Å². The number of benzene rings is 3. The normalized spacial score (nSPS) is 12.2. The van der Waals surface area contributed by atoms with Gasteiger partial charge in [-0.1, -0.05) is 57.9 Å². The van der Waals surface area contributed by atoms with Crippen LogP contribution in [-0.4, -0.2) is 14.3 Å². The monoisotopic (exact) mass is 500 g/mol. The first-order valence-corrected chi connectivity index (χ1v) is 12.2. The topological polar surface area (TPSA) is 75.3 Å². The van der Waals surface area contributed by atoms with E-state index in [1.807, 2.05) is 50.2 Å². The molecule has 0 bridgehead atoms. The molecule has 0 aliphatic carbocycles. The van der Waals surface area contributed by atoms with Gasteiger partial charge in [-0.2, -0.15) is 0 Å². The molecule has 0 radical (unpaired) electrons. The van der Waals surface area contributed by atoms with Gasteiger partial charge in [-0.15, -0.1) is 0 Å². The minimum atomic E-state index is -3.66.